The van der Waals surface area contributed by atoms with Crippen molar-refractivity contribution in [1.29, 1.82) is 0 Å². The van der Waals surface area contributed by atoms with Crippen molar-refractivity contribution in [2.75, 3.05) is 36.0 Å². The van der Waals surface area contributed by atoms with Crippen LogP contribution < -0.4 is 15.1 Å². The number of amides is 1. The predicted molar refractivity (Wildman–Crippen MR) is 99.2 cm³/mol. The van der Waals surface area contributed by atoms with E-state index in [0.29, 0.717) is 36.8 Å². The molecule has 2 N–H and O–H groups in total. The molecule has 0 bridgehead atoms. The molecule has 0 atom stereocenters. The molecule has 6 nitrogen and oxygen atoms in total. The van der Waals surface area contributed by atoms with Gasteiger partial charge in [-0.1, -0.05) is 0 Å². The number of anilines is 2. The van der Waals surface area contributed by atoms with Crippen molar-refractivity contribution < 1.29 is 36.6 Å². The molecule has 166 valence electrons. The molecule has 11 heteroatoms. The SMILES string of the molecule is O=C(O)c1ccc(N2CCNCC2)cc1N(C(=O)C(F)(F)F)C1CCC(F)(F)CC1. The Morgan fingerprint density at radius 1 is 1.13 bits per heavy atom. The summed E-state index contributed by atoms with van der Waals surface area (Å²) in [6, 6.07) is 2.70. The Labute approximate surface area is 169 Å². The van der Waals surface area contributed by atoms with E-state index in [9.17, 15) is 36.6 Å². The van der Waals surface area contributed by atoms with E-state index in [2.05, 4.69) is 5.32 Å². The minimum Gasteiger partial charge on any atom is -0.478 e. The van der Waals surface area contributed by atoms with Crippen LogP contribution in [-0.2, 0) is 4.79 Å². The largest absolute Gasteiger partial charge is 0.478 e. The maximum absolute atomic E-state index is 13.6. The predicted octanol–water partition coefficient (Wildman–Crippen LogP) is 3.27. The second-order valence-electron chi connectivity index (χ2n) is 7.50. The van der Waals surface area contributed by atoms with Gasteiger partial charge in [-0.2, -0.15) is 13.2 Å². The number of nitrogens with zero attached hydrogens (tertiary/aromatic N) is 2. The van der Waals surface area contributed by atoms with E-state index in [-0.39, 0.29) is 12.8 Å². The van der Waals surface area contributed by atoms with Crippen LogP contribution in [0.5, 0.6) is 0 Å². The highest BCUT2D eigenvalue weighted by Crippen LogP contribution is 2.40. The Hall–Kier alpha value is -2.43. The molecule has 1 aromatic carbocycles. The van der Waals surface area contributed by atoms with Crippen molar-refractivity contribution in [2.45, 2.75) is 43.8 Å². The van der Waals surface area contributed by atoms with E-state index in [1.807, 2.05) is 4.90 Å². The summed E-state index contributed by atoms with van der Waals surface area (Å²) in [5.41, 5.74) is -0.433. The smallest absolute Gasteiger partial charge is 0.471 e. The van der Waals surface area contributed by atoms with E-state index < -0.39 is 54.1 Å². The summed E-state index contributed by atoms with van der Waals surface area (Å²) in [5, 5.41) is 12.6. The van der Waals surface area contributed by atoms with Crippen molar-refractivity contribution in [3.05, 3.63) is 23.8 Å². The lowest BCUT2D eigenvalue weighted by Crippen LogP contribution is -2.50. The van der Waals surface area contributed by atoms with Crippen molar-refractivity contribution in [3.63, 3.8) is 0 Å². The van der Waals surface area contributed by atoms with Gasteiger partial charge in [-0.25, -0.2) is 13.6 Å². The highest BCUT2D eigenvalue weighted by molar-refractivity contribution is 6.05. The van der Waals surface area contributed by atoms with Gasteiger partial charge in [-0.3, -0.25) is 4.79 Å². The summed E-state index contributed by atoms with van der Waals surface area (Å²) in [6.07, 6.45) is -7.32. The molecular formula is C19H22F5N3O3. The first kappa shape index (κ1) is 22.3. The molecule has 1 aromatic rings. The van der Waals surface area contributed by atoms with E-state index in [0.717, 1.165) is 6.07 Å². The topological polar surface area (TPSA) is 72.9 Å². The zero-order chi connectivity index (χ0) is 22.1. The normalized spacial score (nSPS) is 20.1. The highest BCUT2D eigenvalue weighted by Gasteiger charge is 2.48. The lowest BCUT2D eigenvalue weighted by Gasteiger charge is -2.38. The third-order valence-corrected chi connectivity index (χ3v) is 5.47. The average molecular weight is 435 g/mol. The maximum atomic E-state index is 13.6. The Morgan fingerprint density at radius 3 is 2.27 bits per heavy atom. The number of carbonyl (C=O) groups is 2. The van der Waals surface area contributed by atoms with Crippen LogP contribution in [0.4, 0.5) is 33.3 Å². The van der Waals surface area contributed by atoms with Gasteiger partial charge in [0.05, 0.1) is 11.3 Å². The minimum atomic E-state index is -5.28. The summed E-state index contributed by atoms with van der Waals surface area (Å²) in [7, 11) is 0. The fourth-order valence-corrected chi connectivity index (χ4v) is 3.91. The Kier molecular flexibility index (Phi) is 6.21. The number of alkyl halides is 5. The first-order chi connectivity index (χ1) is 14.0. The minimum absolute atomic E-state index is 0.355. The first-order valence-corrected chi connectivity index (χ1v) is 9.61. The molecule has 1 saturated carbocycles. The molecule has 3 rings (SSSR count). The van der Waals surface area contributed by atoms with Crippen molar-refractivity contribution in [1.82, 2.24) is 5.32 Å². The summed E-state index contributed by atoms with van der Waals surface area (Å²) >= 11 is 0. The number of benzene rings is 1. The molecule has 2 fully saturated rings. The Morgan fingerprint density at radius 2 is 1.73 bits per heavy atom. The van der Waals surface area contributed by atoms with Gasteiger partial charge < -0.3 is 20.2 Å². The number of aromatic carboxylic acids is 1. The molecule has 0 spiro atoms. The van der Waals surface area contributed by atoms with Gasteiger partial charge >= 0.3 is 18.1 Å². The number of carboxylic acid groups (broad SMARTS) is 1. The number of carbonyl (C=O) groups excluding carboxylic acids is 1. The third kappa shape index (κ3) is 4.82. The zero-order valence-electron chi connectivity index (χ0n) is 16.0. The molecule has 0 radical (unpaired) electrons. The molecule has 1 aliphatic carbocycles. The number of hydrogen-bond acceptors (Lipinski definition) is 4. The molecule has 2 aliphatic rings. The molecule has 1 saturated heterocycles. The highest BCUT2D eigenvalue weighted by atomic mass is 19.4. The van der Waals surface area contributed by atoms with Crippen LogP contribution >= 0.6 is 0 Å². The van der Waals surface area contributed by atoms with Gasteiger partial charge in [-0.05, 0) is 31.0 Å². The molecule has 1 aliphatic heterocycles. The van der Waals surface area contributed by atoms with Crippen LogP contribution in [0.3, 0.4) is 0 Å². The quantitative estimate of drug-likeness (QED) is 0.711. The van der Waals surface area contributed by atoms with Crippen molar-refractivity contribution >= 4 is 23.3 Å². The van der Waals surface area contributed by atoms with Gasteiger partial charge in [-0.15, -0.1) is 0 Å². The fraction of sp³-hybridized carbons (Fsp3) is 0.579. The van der Waals surface area contributed by atoms with Crippen molar-refractivity contribution in [3.8, 4) is 0 Å². The number of rotatable bonds is 4. The van der Waals surface area contributed by atoms with E-state index >= 15 is 0 Å². The second kappa shape index (κ2) is 8.37. The summed E-state index contributed by atoms with van der Waals surface area (Å²) < 4.78 is 67.2. The van der Waals surface area contributed by atoms with Crippen LogP contribution in [0, 0.1) is 0 Å². The summed E-state index contributed by atoms with van der Waals surface area (Å²) in [5.74, 6) is -6.77. The monoisotopic (exact) mass is 435 g/mol. The van der Waals surface area contributed by atoms with Crippen molar-refractivity contribution in [2.24, 2.45) is 0 Å². The van der Waals surface area contributed by atoms with E-state index in [4.69, 9.17) is 0 Å². The van der Waals surface area contributed by atoms with Crippen LogP contribution in [0.25, 0.3) is 0 Å². The molecule has 0 aromatic heterocycles. The molecule has 30 heavy (non-hydrogen) atoms. The van der Waals surface area contributed by atoms with Gasteiger partial charge in [0, 0.05) is 50.7 Å². The number of halogens is 5. The molecule has 0 unspecified atom stereocenters. The summed E-state index contributed by atoms with van der Waals surface area (Å²) in [4.78, 5) is 26.2. The Bertz CT molecular complexity index is 799. The third-order valence-electron chi connectivity index (χ3n) is 5.47. The van der Waals surface area contributed by atoms with Crippen LogP contribution in [0.2, 0.25) is 0 Å². The first-order valence-electron chi connectivity index (χ1n) is 9.61. The second-order valence-corrected chi connectivity index (χ2v) is 7.50. The fourth-order valence-electron chi connectivity index (χ4n) is 3.91. The number of piperazine rings is 1. The zero-order valence-corrected chi connectivity index (χ0v) is 16.0. The lowest BCUT2D eigenvalue weighted by molar-refractivity contribution is -0.171. The number of carboxylic acids is 1. The summed E-state index contributed by atoms with van der Waals surface area (Å²) in [6.45, 7) is 2.38. The molecular weight excluding hydrogens is 413 g/mol. The van der Waals surface area contributed by atoms with Crippen LogP contribution in [-0.4, -0.2) is 61.3 Å². The van der Waals surface area contributed by atoms with Gasteiger partial charge in [0.25, 0.3) is 0 Å². The van der Waals surface area contributed by atoms with E-state index in [1.54, 1.807) is 0 Å². The Balaban J connectivity index is 2.06. The van der Waals surface area contributed by atoms with Gasteiger partial charge in [0.1, 0.15) is 0 Å². The number of nitrogens with one attached hydrogen (secondary N) is 1. The standard InChI is InChI=1S/C19H22F5N3O3/c20-18(21)5-3-12(4-6-18)27(17(30)19(22,23)24)15-11-13(1-2-14(15)16(28)29)26-9-7-25-8-10-26/h1-2,11-12,25H,3-10H2,(H,28,29). The lowest BCUT2D eigenvalue weighted by atomic mass is 9.90. The average Bonchev–Trinajstić information content (AvgIpc) is 2.69. The van der Waals surface area contributed by atoms with Crippen LogP contribution in [0.1, 0.15) is 36.0 Å². The maximum Gasteiger partial charge on any atom is 0.471 e. The van der Waals surface area contributed by atoms with Gasteiger partial charge in [0.2, 0.25) is 5.92 Å². The van der Waals surface area contributed by atoms with E-state index in [1.165, 1.54) is 12.1 Å². The molecule has 1 amide bonds. The molecule has 1 heterocycles. The number of hydrogen-bond donors (Lipinski definition) is 2. The van der Waals surface area contributed by atoms with Gasteiger partial charge in [0.15, 0.2) is 0 Å². The van der Waals surface area contributed by atoms with Crippen LogP contribution in [0.15, 0.2) is 18.2 Å².